The molecule has 2 aromatic heterocycles. The van der Waals surface area contributed by atoms with E-state index in [0.717, 1.165) is 4.83 Å². The number of thiophene rings is 1. The van der Waals surface area contributed by atoms with Crippen LogP contribution in [-0.2, 0) is 6.54 Å². The van der Waals surface area contributed by atoms with E-state index < -0.39 is 0 Å². The van der Waals surface area contributed by atoms with Crippen LogP contribution >= 0.6 is 23.6 Å². The third kappa shape index (κ3) is 1.98. The average Bonchev–Trinajstić information content (AvgIpc) is 2.70. The Morgan fingerprint density at radius 1 is 1.75 bits per heavy atom. The molecular weight excluding hydrogens is 242 g/mol. The Morgan fingerprint density at radius 3 is 3.19 bits per heavy atom. The summed E-state index contributed by atoms with van der Waals surface area (Å²) < 4.78 is 1.55. The highest BCUT2D eigenvalue weighted by atomic mass is 32.1. The van der Waals surface area contributed by atoms with Crippen LogP contribution in [0, 0.1) is 5.92 Å². The van der Waals surface area contributed by atoms with Gasteiger partial charge in [0.2, 0.25) is 0 Å². The monoisotopic (exact) mass is 253 g/mol. The van der Waals surface area contributed by atoms with Gasteiger partial charge in [0.05, 0.1) is 16.7 Å². The van der Waals surface area contributed by atoms with Gasteiger partial charge in [0.15, 0.2) is 0 Å². The second-order valence-electron chi connectivity index (χ2n) is 3.64. The summed E-state index contributed by atoms with van der Waals surface area (Å²) in [5, 5.41) is 2.52. The van der Waals surface area contributed by atoms with E-state index in [1.807, 2.05) is 12.3 Å². The third-order valence-electron chi connectivity index (χ3n) is 2.41. The predicted molar refractivity (Wildman–Crippen MR) is 69.8 cm³/mol. The molecule has 4 nitrogen and oxygen atoms in total. The topological polar surface area (TPSA) is 60.9 Å². The number of rotatable bonds is 3. The average molecular weight is 253 g/mol. The molecule has 0 aliphatic rings. The molecule has 2 heterocycles. The maximum Gasteiger partial charge on any atom is 0.262 e. The molecular formula is C10H11N3OS2. The van der Waals surface area contributed by atoms with E-state index in [1.165, 1.54) is 11.3 Å². The van der Waals surface area contributed by atoms with Crippen molar-refractivity contribution in [3.8, 4) is 0 Å². The van der Waals surface area contributed by atoms with Gasteiger partial charge < -0.3 is 5.73 Å². The van der Waals surface area contributed by atoms with Crippen molar-refractivity contribution < 1.29 is 0 Å². The summed E-state index contributed by atoms with van der Waals surface area (Å²) in [6, 6.07) is 1.79. The smallest absolute Gasteiger partial charge is 0.262 e. The molecule has 2 aromatic rings. The molecule has 6 heteroatoms. The summed E-state index contributed by atoms with van der Waals surface area (Å²) in [7, 11) is 0. The van der Waals surface area contributed by atoms with Gasteiger partial charge in [0, 0.05) is 12.5 Å². The predicted octanol–water partition coefficient (Wildman–Crippen LogP) is 1.38. The fourth-order valence-corrected chi connectivity index (χ4v) is 2.21. The van der Waals surface area contributed by atoms with Crippen molar-refractivity contribution in [3.63, 3.8) is 0 Å². The SMILES string of the molecule is CC(Cn1cnc2sccc2c1=O)C(N)=S. The zero-order valence-electron chi connectivity index (χ0n) is 8.71. The molecule has 16 heavy (non-hydrogen) atoms. The number of aromatic nitrogens is 2. The maximum absolute atomic E-state index is 12.0. The van der Waals surface area contributed by atoms with Gasteiger partial charge >= 0.3 is 0 Å². The summed E-state index contributed by atoms with van der Waals surface area (Å²) in [6.45, 7) is 2.37. The zero-order valence-corrected chi connectivity index (χ0v) is 10.3. The van der Waals surface area contributed by atoms with E-state index in [9.17, 15) is 4.79 Å². The van der Waals surface area contributed by atoms with Gasteiger partial charge in [-0.1, -0.05) is 19.1 Å². The standard InChI is InChI=1S/C10H11N3OS2/c1-6(8(11)15)4-13-5-12-9-7(10(13)14)2-3-16-9/h2-3,5-6H,4H2,1H3,(H2,11,15). The van der Waals surface area contributed by atoms with E-state index in [0.29, 0.717) is 16.9 Å². The lowest BCUT2D eigenvalue weighted by atomic mass is 10.2. The molecule has 0 saturated heterocycles. The molecule has 0 aromatic carbocycles. The first kappa shape index (κ1) is 11.2. The van der Waals surface area contributed by atoms with Crippen molar-refractivity contribution >= 4 is 38.8 Å². The Balaban J connectivity index is 2.42. The summed E-state index contributed by atoms with van der Waals surface area (Å²) in [4.78, 5) is 17.4. The minimum Gasteiger partial charge on any atom is -0.393 e. The largest absolute Gasteiger partial charge is 0.393 e. The third-order valence-corrected chi connectivity index (χ3v) is 3.63. The van der Waals surface area contributed by atoms with E-state index in [-0.39, 0.29) is 11.5 Å². The quantitative estimate of drug-likeness (QED) is 0.840. The molecule has 2 rings (SSSR count). The molecule has 0 saturated carbocycles. The van der Waals surface area contributed by atoms with E-state index in [2.05, 4.69) is 4.98 Å². The first-order valence-electron chi connectivity index (χ1n) is 4.81. The Labute approximate surface area is 102 Å². The van der Waals surface area contributed by atoms with Crippen LogP contribution in [0.5, 0.6) is 0 Å². The number of hydrogen-bond acceptors (Lipinski definition) is 4. The Bertz CT molecular complexity index is 587. The molecule has 0 aliphatic carbocycles. The van der Waals surface area contributed by atoms with Crippen LogP contribution in [-0.4, -0.2) is 14.5 Å². The summed E-state index contributed by atoms with van der Waals surface area (Å²) in [5.74, 6) is -0.00872. The maximum atomic E-state index is 12.0. The van der Waals surface area contributed by atoms with Gasteiger partial charge in [0.25, 0.3) is 5.56 Å². The molecule has 84 valence electrons. The summed E-state index contributed by atoms with van der Waals surface area (Å²) >= 11 is 6.34. The first-order valence-corrected chi connectivity index (χ1v) is 6.10. The van der Waals surface area contributed by atoms with Crippen molar-refractivity contribution in [2.45, 2.75) is 13.5 Å². The minimum absolute atomic E-state index is 0.00872. The molecule has 1 atom stereocenters. The fraction of sp³-hybridized carbons (Fsp3) is 0.300. The van der Waals surface area contributed by atoms with Crippen molar-refractivity contribution in [1.82, 2.24) is 9.55 Å². The highest BCUT2D eigenvalue weighted by Gasteiger charge is 2.09. The minimum atomic E-state index is -0.0330. The van der Waals surface area contributed by atoms with Crippen LogP contribution in [0.4, 0.5) is 0 Å². The number of nitrogens with two attached hydrogens (primary N) is 1. The van der Waals surface area contributed by atoms with Gasteiger partial charge in [-0.2, -0.15) is 0 Å². The second kappa shape index (κ2) is 4.31. The van der Waals surface area contributed by atoms with Crippen molar-refractivity contribution in [1.29, 1.82) is 0 Å². The van der Waals surface area contributed by atoms with Gasteiger partial charge in [0.1, 0.15) is 4.83 Å². The first-order chi connectivity index (χ1) is 7.59. The number of fused-ring (bicyclic) bond motifs is 1. The normalized spacial score (nSPS) is 12.8. The van der Waals surface area contributed by atoms with Crippen molar-refractivity contribution in [2.24, 2.45) is 11.7 Å². The highest BCUT2D eigenvalue weighted by Crippen LogP contribution is 2.13. The Kier molecular flexibility index (Phi) is 3.02. The van der Waals surface area contributed by atoms with Crippen LogP contribution in [0.15, 0.2) is 22.6 Å². The molecule has 2 N–H and O–H groups in total. The van der Waals surface area contributed by atoms with Crippen LogP contribution in [0.1, 0.15) is 6.92 Å². The summed E-state index contributed by atoms with van der Waals surface area (Å²) in [6.07, 6.45) is 1.55. The zero-order chi connectivity index (χ0) is 11.7. The lowest BCUT2D eigenvalue weighted by molar-refractivity contribution is 0.577. The second-order valence-corrected chi connectivity index (χ2v) is 5.01. The number of thiocarbonyl (C=S) groups is 1. The van der Waals surface area contributed by atoms with Crippen molar-refractivity contribution in [3.05, 3.63) is 28.1 Å². The molecule has 0 fully saturated rings. The van der Waals surface area contributed by atoms with Gasteiger partial charge in [-0.15, -0.1) is 11.3 Å². The number of hydrogen-bond donors (Lipinski definition) is 1. The van der Waals surface area contributed by atoms with Gasteiger partial charge in [-0.3, -0.25) is 9.36 Å². The van der Waals surface area contributed by atoms with Crippen LogP contribution in [0.2, 0.25) is 0 Å². The molecule has 0 spiro atoms. The Morgan fingerprint density at radius 2 is 2.50 bits per heavy atom. The molecule has 0 radical (unpaired) electrons. The highest BCUT2D eigenvalue weighted by molar-refractivity contribution is 7.80. The van der Waals surface area contributed by atoms with Crippen LogP contribution in [0.3, 0.4) is 0 Å². The lowest BCUT2D eigenvalue weighted by Crippen LogP contribution is -2.28. The van der Waals surface area contributed by atoms with Gasteiger partial charge in [-0.05, 0) is 11.4 Å². The fourth-order valence-electron chi connectivity index (χ4n) is 1.41. The van der Waals surface area contributed by atoms with Crippen LogP contribution < -0.4 is 11.3 Å². The van der Waals surface area contributed by atoms with E-state index in [4.69, 9.17) is 18.0 Å². The van der Waals surface area contributed by atoms with Crippen LogP contribution in [0.25, 0.3) is 10.2 Å². The molecule has 0 aliphatic heterocycles. The van der Waals surface area contributed by atoms with Crippen molar-refractivity contribution in [2.75, 3.05) is 0 Å². The van der Waals surface area contributed by atoms with Gasteiger partial charge in [-0.25, -0.2) is 4.98 Å². The molecule has 1 unspecified atom stereocenters. The molecule has 0 amide bonds. The summed E-state index contributed by atoms with van der Waals surface area (Å²) in [5.41, 5.74) is 5.49. The Hall–Kier alpha value is -1.27. The number of nitrogens with zero attached hydrogens (tertiary/aromatic N) is 2. The molecule has 0 bridgehead atoms. The van der Waals surface area contributed by atoms with E-state index >= 15 is 0 Å². The lowest BCUT2D eigenvalue weighted by Gasteiger charge is -2.11. The van der Waals surface area contributed by atoms with E-state index in [1.54, 1.807) is 17.0 Å².